The van der Waals surface area contributed by atoms with E-state index in [9.17, 15) is 14.4 Å². The summed E-state index contributed by atoms with van der Waals surface area (Å²) in [4.78, 5) is 40.6. The highest BCUT2D eigenvalue weighted by molar-refractivity contribution is 7.99. The zero-order valence-electron chi connectivity index (χ0n) is 14.4. The molecular weight excluding hydrogens is 346 g/mol. The predicted octanol–water partition coefficient (Wildman–Crippen LogP) is -0.642. The summed E-state index contributed by atoms with van der Waals surface area (Å²) in [5.74, 6) is 0.0624. The smallest absolute Gasteiger partial charge is 0.332 e. The lowest BCUT2D eigenvalue weighted by molar-refractivity contribution is -0.119. The summed E-state index contributed by atoms with van der Waals surface area (Å²) in [6.45, 7) is 1.26. The van der Waals surface area contributed by atoms with Crippen molar-refractivity contribution in [1.29, 1.82) is 0 Å². The van der Waals surface area contributed by atoms with Crippen LogP contribution in [-0.4, -0.2) is 49.6 Å². The molecule has 1 atom stereocenters. The molecule has 0 spiro atoms. The number of aryl methyl sites for hydroxylation is 2. The number of rotatable bonds is 5. The molecule has 0 saturated carbocycles. The van der Waals surface area contributed by atoms with Crippen LogP contribution in [0.5, 0.6) is 0 Å². The Hall–Kier alpha value is -2.07. The van der Waals surface area contributed by atoms with Crippen molar-refractivity contribution in [2.75, 3.05) is 18.9 Å². The largest absolute Gasteiger partial charge is 0.376 e. The minimum Gasteiger partial charge on any atom is -0.376 e. The highest BCUT2D eigenvalue weighted by atomic mass is 32.2. The van der Waals surface area contributed by atoms with Gasteiger partial charge in [-0.1, -0.05) is 11.8 Å². The molecule has 1 saturated heterocycles. The molecule has 3 rings (SSSR count). The highest BCUT2D eigenvalue weighted by Gasteiger charge is 2.19. The fourth-order valence-electron chi connectivity index (χ4n) is 2.90. The maximum atomic E-state index is 12.2. The Kier molecular flexibility index (Phi) is 5.00. The standard InChI is InChI=1S/C15H21N5O4S/c1-18-12-11(13(22)20(3)15(23)19(12)2)17-14(18)25-8-10(21)16-7-9-5-4-6-24-9/h9H,4-8H2,1-3H3,(H,16,21)/t9-/m1/s1. The number of imidazole rings is 1. The van der Waals surface area contributed by atoms with Crippen LogP contribution in [0.3, 0.4) is 0 Å². The fourth-order valence-corrected chi connectivity index (χ4v) is 3.70. The number of fused-ring (bicyclic) bond motifs is 1. The average molecular weight is 367 g/mol. The third-order valence-corrected chi connectivity index (χ3v) is 5.34. The van der Waals surface area contributed by atoms with Gasteiger partial charge in [0.15, 0.2) is 16.3 Å². The number of aromatic nitrogens is 4. The van der Waals surface area contributed by atoms with Gasteiger partial charge in [0, 0.05) is 34.3 Å². The number of nitrogens with one attached hydrogen (secondary N) is 1. The van der Waals surface area contributed by atoms with E-state index in [-0.39, 0.29) is 23.3 Å². The number of carbonyl (C=O) groups is 1. The molecule has 2 aromatic rings. The number of ether oxygens (including phenoxy) is 1. The summed E-state index contributed by atoms with van der Waals surface area (Å²) < 4.78 is 9.54. The molecule has 2 aromatic heterocycles. The third kappa shape index (κ3) is 3.36. The van der Waals surface area contributed by atoms with Gasteiger partial charge in [0.1, 0.15) is 0 Å². The van der Waals surface area contributed by atoms with Gasteiger partial charge in [0.2, 0.25) is 5.91 Å². The van der Waals surface area contributed by atoms with Crippen LogP contribution in [0.4, 0.5) is 0 Å². The van der Waals surface area contributed by atoms with Crippen LogP contribution in [-0.2, 0) is 30.7 Å². The van der Waals surface area contributed by atoms with Gasteiger partial charge in [-0.05, 0) is 12.8 Å². The predicted molar refractivity (Wildman–Crippen MR) is 93.9 cm³/mol. The van der Waals surface area contributed by atoms with E-state index in [1.807, 2.05) is 0 Å². The van der Waals surface area contributed by atoms with Gasteiger partial charge in [-0.25, -0.2) is 9.78 Å². The Morgan fingerprint density at radius 3 is 2.72 bits per heavy atom. The fraction of sp³-hybridized carbons (Fsp3) is 0.600. The number of hydrogen-bond acceptors (Lipinski definition) is 6. The number of carbonyl (C=O) groups excluding carboxylic acids is 1. The van der Waals surface area contributed by atoms with Crippen LogP contribution in [0.25, 0.3) is 11.2 Å². The molecule has 0 radical (unpaired) electrons. The topological polar surface area (TPSA) is 100 Å². The van der Waals surface area contributed by atoms with Crippen LogP contribution in [0.2, 0.25) is 0 Å². The second-order valence-electron chi connectivity index (χ2n) is 6.06. The quantitative estimate of drug-likeness (QED) is 0.706. The van der Waals surface area contributed by atoms with Crippen LogP contribution >= 0.6 is 11.8 Å². The van der Waals surface area contributed by atoms with E-state index in [2.05, 4.69) is 10.3 Å². The van der Waals surface area contributed by atoms with Gasteiger partial charge in [-0.2, -0.15) is 0 Å². The Labute approximate surface area is 148 Å². The summed E-state index contributed by atoms with van der Waals surface area (Å²) in [6.07, 6.45) is 2.10. The number of nitrogens with zero attached hydrogens (tertiary/aromatic N) is 4. The average Bonchev–Trinajstić information content (AvgIpc) is 3.22. The maximum absolute atomic E-state index is 12.2. The lowest BCUT2D eigenvalue weighted by atomic mass is 10.2. The molecule has 1 amide bonds. The van der Waals surface area contributed by atoms with Crippen molar-refractivity contribution in [3.05, 3.63) is 20.8 Å². The van der Waals surface area contributed by atoms with E-state index in [4.69, 9.17) is 4.74 Å². The summed E-state index contributed by atoms with van der Waals surface area (Å²) in [6, 6.07) is 0. The van der Waals surface area contributed by atoms with Crippen molar-refractivity contribution < 1.29 is 9.53 Å². The molecule has 1 fully saturated rings. The van der Waals surface area contributed by atoms with E-state index in [1.165, 1.54) is 23.4 Å². The molecule has 1 aliphatic heterocycles. The first-order chi connectivity index (χ1) is 11.9. The van der Waals surface area contributed by atoms with Crippen LogP contribution in [0.1, 0.15) is 12.8 Å². The zero-order chi connectivity index (χ0) is 18.1. The summed E-state index contributed by atoms with van der Waals surface area (Å²) in [5.41, 5.74) is -0.195. The third-order valence-electron chi connectivity index (χ3n) is 4.31. The normalized spacial score (nSPS) is 17.3. The lowest BCUT2D eigenvalue weighted by Crippen LogP contribution is -2.37. The Balaban J connectivity index is 1.73. The molecule has 25 heavy (non-hydrogen) atoms. The minimum atomic E-state index is -0.441. The van der Waals surface area contributed by atoms with Gasteiger partial charge in [0.25, 0.3) is 5.56 Å². The molecule has 9 nitrogen and oxygen atoms in total. The highest BCUT2D eigenvalue weighted by Crippen LogP contribution is 2.20. The van der Waals surface area contributed by atoms with Crippen LogP contribution in [0, 0.1) is 0 Å². The second-order valence-corrected chi connectivity index (χ2v) is 7.00. The van der Waals surface area contributed by atoms with E-state index >= 15 is 0 Å². The molecule has 1 aliphatic rings. The van der Waals surface area contributed by atoms with E-state index in [0.717, 1.165) is 24.0 Å². The van der Waals surface area contributed by atoms with Crippen molar-refractivity contribution in [3.63, 3.8) is 0 Å². The molecule has 1 N–H and O–H groups in total. The van der Waals surface area contributed by atoms with Gasteiger partial charge >= 0.3 is 5.69 Å². The van der Waals surface area contributed by atoms with Crippen molar-refractivity contribution in [2.24, 2.45) is 21.1 Å². The van der Waals surface area contributed by atoms with E-state index in [1.54, 1.807) is 18.7 Å². The summed E-state index contributed by atoms with van der Waals surface area (Å²) in [7, 11) is 4.74. The Bertz CT molecular complexity index is 923. The van der Waals surface area contributed by atoms with Gasteiger partial charge in [-0.15, -0.1) is 0 Å². The molecule has 136 valence electrons. The van der Waals surface area contributed by atoms with Gasteiger partial charge < -0.3 is 14.6 Å². The first kappa shape index (κ1) is 17.7. The second kappa shape index (κ2) is 7.04. The molecule has 0 unspecified atom stereocenters. The summed E-state index contributed by atoms with van der Waals surface area (Å²) >= 11 is 1.23. The minimum absolute atomic E-state index is 0.0993. The Morgan fingerprint density at radius 1 is 1.28 bits per heavy atom. The number of thioether (sulfide) groups is 1. The SMILES string of the molecule is Cn1c(=O)c2nc(SCC(=O)NC[C@H]3CCCO3)n(C)c2n(C)c1=O. The first-order valence-electron chi connectivity index (χ1n) is 8.03. The molecule has 0 aliphatic carbocycles. The molecule has 3 heterocycles. The van der Waals surface area contributed by atoms with Gasteiger partial charge in [0.05, 0.1) is 11.9 Å². The van der Waals surface area contributed by atoms with E-state index in [0.29, 0.717) is 17.3 Å². The molecule has 10 heteroatoms. The number of hydrogen-bond donors (Lipinski definition) is 1. The van der Waals surface area contributed by atoms with Crippen molar-refractivity contribution in [3.8, 4) is 0 Å². The maximum Gasteiger partial charge on any atom is 0.332 e. The molecular formula is C15H21N5O4S. The Morgan fingerprint density at radius 2 is 2.04 bits per heavy atom. The van der Waals surface area contributed by atoms with Crippen molar-refractivity contribution >= 4 is 28.8 Å². The van der Waals surface area contributed by atoms with Crippen LogP contribution < -0.4 is 16.6 Å². The molecule has 0 bridgehead atoms. The van der Waals surface area contributed by atoms with Crippen molar-refractivity contribution in [2.45, 2.75) is 24.1 Å². The summed E-state index contributed by atoms with van der Waals surface area (Å²) in [5, 5.41) is 3.36. The van der Waals surface area contributed by atoms with Crippen molar-refractivity contribution in [1.82, 2.24) is 24.0 Å². The van der Waals surface area contributed by atoms with E-state index < -0.39 is 11.2 Å². The molecule has 0 aromatic carbocycles. The number of amides is 1. The lowest BCUT2D eigenvalue weighted by Gasteiger charge is -2.10. The van der Waals surface area contributed by atoms with Gasteiger partial charge in [-0.3, -0.25) is 18.7 Å². The zero-order valence-corrected chi connectivity index (χ0v) is 15.3. The first-order valence-corrected chi connectivity index (χ1v) is 9.02. The van der Waals surface area contributed by atoms with Crippen LogP contribution in [0.15, 0.2) is 14.7 Å². The monoisotopic (exact) mass is 367 g/mol.